The van der Waals surface area contributed by atoms with E-state index in [0.717, 1.165) is 68.5 Å². The molecule has 1 atom stereocenters. The molecule has 2 aliphatic heterocycles. The van der Waals surface area contributed by atoms with Crippen molar-refractivity contribution in [1.29, 1.82) is 0 Å². The van der Waals surface area contributed by atoms with Crippen molar-refractivity contribution in [3.63, 3.8) is 0 Å². The van der Waals surface area contributed by atoms with Crippen molar-refractivity contribution in [1.82, 2.24) is 9.80 Å². The summed E-state index contributed by atoms with van der Waals surface area (Å²) in [4.78, 5) is 21.8. The van der Waals surface area contributed by atoms with Crippen LogP contribution in [-0.2, 0) is 10.3 Å². The Morgan fingerprint density at radius 2 is 1.94 bits per heavy atom. The summed E-state index contributed by atoms with van der Waals surface area (Å²) in [6, 6.07) is 18.0. The van der Waals surface area contributed by atoms with E-state index in [4.69, 9.17) is 15.5 Å². The summed E-state index contributed by atoms with van der Waals surface area (Å²) >= 11 is 3.62. The fourth-order valence-electron chi connectivity index (χ4n) is 4.99. The Morgan fingerprint density at radius 1 is 1.18 bits per heavy atom. The second kappa shape index (κ2) is 11.3. The van der Waals surface area contributed by atoms with Crippen molar-refractivity contribution >= 4 is 27.8 Å². The molecule has 0 saturated carbocycles. The fourth-order valence-corrected chi connectivity index (χ4v) is 5.39. The van der Waals surface area contributed by atoms with Gasteiger partial charge < -0.3 is 20.3 Å². The van der Waals surface area contributed by atoms with Crippen LogP contribution in [0.5, 0.6) is 5.75 Å². The number of likely N-dealkylation sites (tertiary alicyclic amines) is 1. The number of ether oxygens (including phenoxy) is 1. The first-order valence-corrected chi connectivity index (χ1v) is 13.1. The minimum absolute atomic E-state index is 0.0535. The SMILES string of the molecule is CCCCC1(c2cccc(Br)c2)CN(CC2CCN(C(=O)COc3ccccc3)CC2)C(N)=N1. The third-order valence-corrected chi connectivity index (χ3v) is 7.46. The van der Waals surface area contributed by atoms with E-state index in [9.17, 15) is 4.79 Å². The molecule has 1 fully saturated rings. The highest BCUT2D eigenvalue weighted by atomic mass is 79.9. The first-order valence-electron chi connectivity index (χ1n) is 12.3. The van der Waals surface area contributed by atoms with E-state index in [0.29, 0.717) is 11.9 Å². The highest BCUT2D eigenvalue weighted by Gasteiger charge is 2.40. The zero-order valence-corrected chi connectivity index (χ0v) is 21.5. The van der Waals surface area contributed by atoms with Crippen LogP contribution >= 0.6 is 15.9 Å². The van der Waals surface area contributed by atoms with Gasteiger partial charge >= 0.3 is 0 Å². The third-order valence-electron chi connectivity index (χ3n) is 6.96. The number of amides is 1. The van der Waals surface area contributed by atoms with Gasteiger partial charge in [0.1, 0.15) is 11.3 Å². The minimum atomic E-state index is -0.282. The van der Waals surface area contributed by atoms with Crippen molar-refractivity contribution in [2.45, 2.75) is 44.6 Å². The molecule has 4 rings (SSSR count). The average Bonchev–Trinajstić information content (AvgIpc) is 3.18. The zero-order chi connectivity index (χ0) is 24.0. The number of rotatable bonds is 9. The van der Waals surface area contributed by atoms with Crippen LogP contribution in [0.2, 0.25) is 0 Å². The van der Waals surface area contributed by atoms with Crippen LogP contribution in [0, 0.1) is 5.92 Å². The summed E-state index contributed by atoms with van der Waals surface area (Å²) in [7, 11) is 0. The molecule has 2 heterocycles. The predicted octanol–water partition coefficient (Wildman–Crippen LogP) is 4.78. The lowest BCUT2D eigenvalue weighted by molar-refractivity contribution is -0.134. The Balaban J connectivity index is 1.31. The van der Waals surface area contributed by atoms with Gasteiger partial charge in [0.2, 0.25) is 0 Å². The van der Waals surface area contributed by atoms with Gasteiger partial charge in [-0.25, -0.2) is 4.99 Å². The van der Waals surface area contributed by atoms with E-state index in [1.165, 1.54) is 5.56 Å². The number of piperidine rings is 1. The number of hydrogen-bond donors (Lipinski definition) is 1. The molecule has 6 nitrogen and oxygen atoms in total. The van der Waals surface area contributed by atoms with Crippen LogP contribution in [0.25, 0.3) is 0 Å². The molecule has 0 bridgehead atoms. The molecule has 0 aliphatic carbocycles. The van der Waals surface area contributed by atoms with Gasteiger partial charge in [-0.2, -0.15) is 0 Å². The van der Waals surface area contributed by atoms with Gasteiger partial charge in [-0.1, -0.05) is 66.0 Å². The van der Waals surface area contributed by atoms with Crippen molar-refractivity contribution in [2.75, 3.05) is 32.8 Å². The Hall–Kier alpha value is -2.54. The number of halogens is 1. The maximum Gasteiger partial charge on any atom is 0.260 e. The van der Waals surface area contributed by atoms with Gasteiger partial charge in [0.25, 0.3) is 5.91 Å². The maximum absolute atomic E-state index is 12.6. The molecule has 1 saturated heterocycles. The lowest BCUT2D eigenvalue weighted by atomic mass is 9.85. The van der Waals surface area contributed by atoms with Gasteiger partial charge in [-0.3, -0.25) is 4.79 Å². The number of para-hydroxylation sites is 1. The van der Waals surface area contributed by atoms with E-state index in [1.54, 1.807) is 0 Å². The van der Waals surface area contributed by atoms with Gasteiger partial charge in [0, 0.05) is 24.1 Å². The maximum atomic E-state index is 12.6. The molecule has 34 heavy (non-hydrogen) atoms. The second-order valence-electron chi connectivity index (χ2n) is 9.42. The van der Waals surface area contributed by atoms with Gasteiger partial charge in [-0.05, 0) is 55.0 Å². The van der Waals surface area contributed by atoms with Crippen molar-refractivity contribution < 1.29 is 9.53 Å². The van der Waals surface area contributed by atoms with Crippen molar-refractivity contribution in [3.05, 3.63) is 64.6 Å². The number of unbranched alkanes of at least 4 members (excludes halogenated alkanes) is 1. The number of hydrogen-bond acceptors (Lipinski definition) is 5. The normalized spacial score (nSPS) is 20.9. The van der Waals surface area contributed by atoms with Crippen LogP contribution in [0.4, 0.5) is 0 Å². The Morgan fingerprint density at radius 3 is 2.65 bits per heavy atom. The molecular weight excluding hydrogens is 492 g/mol. The summed E-state index contributed by atoms with van der Waals surface area (Å²) in [6.07, 6.45) is 5.18. The number of benzene rings is 2. The number of aliphatic imine (C=N–C) groups is 1. The molecular formula is C27H35BrN4O2. The molecule has 1 unspecified atom stereocenters. The van der Waals surface area contributed by atoms with Gasteiger partial charge in [-0.15, -0.1) is 0 Å². The smallest absolute Gasteiger partial charge is 0.260 e. The summed E-state index contributed by atoms with van der Waals surface area (Å²) in [5.41, 5.74) is 7.41. The monoisotopic (exact) mass is 526 g/mol. The first kappa shape index (κ1) is 24.6. The van der Waals surface area contributed by atoms with Crippen molar-refractivity contribution in [3.8, 4) is 5.75 Å². The lowest BCUT2D eigenvalue weighted by Gasteiger charge is -2.35. The highest BCUT2D eigenvalue weighted by molar-refractivity contribution is 9.10. The van der Waals surface area contributed by atoms with Crippen LogP contribution in [0.15, 0.2) is 64.1 Å². The third kappa shape index (κ3) is 5.93. The lowest BCUT2D eigenvalue weighted by Crippen LogP contribution is -2.45. The number of nitrogens with two attached hydrogens (primary N) is 1. The van der Waals surface area contributed by atoms with Gasteiger partial charge in [0.15, 0.2) is 12.6 Å². The number of nitrogens with zero attached hydrogens (tertiary/aromatic N) is 3. The average molecular weight is 528 g/mol. The summed E-state index contributed by atoms with van der Waals surface area (Å²) in [6.45, 7) is 5.54. The summed E-state index contributed by atoms with van der Waals surface area (Å²) < 4.78 is 6.71. The topological polar surface area (TPSA) is 71.2 Å². The highest BCUT2D eigenvalue weighted by Crippen LogP contribution is 2.38. The number of carbonyl (C=O) groups is 1. The predicted molar refractivity (Wildman–Crippen MR) is 140 cm³/mol. The van der Waals surface area contributed by atoms with Crippen LogP contribution < -0.4 is 10.5 Å². The minimum Gasteiger partial charge on any atom is -0.484 e. The first-order chi connectivity index (χ1) is 16.5. The quantitative estimate of drug-likeness (QED) is 0.510. The van der Waals surface area contributed by atoms with E-state index in [1.807, 2.05) is 35.2 Å². The van der Waals surface area contributed by atoms with E-state index in [2.05, 4.69) is 52.0 Å². The van der Waals surface area contributed by atoms with Gasteiger partial charge in [0.05, 0.1) is 6.54 Å². The van der Waals surface area contributed by atoms with Crippen LogP contribution in [0.3, 0.4) is 0 Å². The Bertz CT molecular complexity index is 991. The summed E-state index contributed by atoms with van der Waals surface area (Å²) in [5.74, 6) is 1.92. The molecule has 0 spiro atoms. The standard InChI is InChI=1S/C27H35BrN4O2/c1-2-3-14-27(22-8-7-9-23(28)17-22)20-32(26(29)30-27)18-21-12-15-31(16-13-21)25(33)19-34-24-10-5-4-6-11-24/h4-11,17,21H,2-3,12-16,18-20H2,1H3,(H2,29,30). The molecule has 182 valence electrons. The largest absolute Gasteiger partial charge is 0.484 e. The second-order valence-corrected chi connectivity index (χ2v) is 10.3. The Labute approximate surface area is 211 Å². The fraction of sp³-hybridized carbons (Fsp3) is 0.481. The number of carbonyl (C=O) groups excluding carboxylic acids is 1. The molecule has 2 N–H and O–H groups in total. The number of guanidine groups is 1. The summed E-state index contributed by atoms with van der Waals surface area (Å²) in [5, 5.41) is 0. The van der Waals surface area contributed by atoms with Crippen LogP contribution in [-0.4, -0.2) is 54.5 Å². The molecule has 1 amide bonds. The van der Waals surface area contributed by atoms with E-state index in [-0.39, 0.29) is 18.1 Å². The molecule has 2 aliphatic rings. The van der Waals surface area contributed by atoms with Crippen molar-refractivity contribution in [2.24, 2.45) is 16.6 Å². The van der Waals surface area contributed by atoms with Crippen LogP contribution in [0.1, 0.15) is 44.6 Å². The van der Waals surface area contributed by atoms with E-state index >= 15 is 0 Å². The molecule has 0 aromatic heterocycles. The zero-order valence-electron chi connectivity index (χ0n) is 20.0. The van der Waals surface area contributed by atoms with E-state index < -0.39 is 0 Å². The molecule has 7 heteroatoms. The Kier molecular flexibility index (Phi) is 8.14. The molecule has 2 aromatic rings. The molecule has 0 radical (unpaired) electrons. The molecule has 2 aromatic carbocycles.